The Bertz CT molecular complexity index is 288. The summed E-state index contributed by atoms with van der Waals surface area (Å²) in [5.41, 5.74) is 7.09. The maximum atomic E-state index is 6.04. The van der Waals surface area contributed by atoms with Crippen LogP contribution in [0.2, 0.25) is 5.02 Å². The third-order valence-corrected chi connectivity index (χ3v) is 2.98. The van der Waals surface area contributed by atoms with E-state index in [9.17, 15) is 0 Å². The summed E-state index contributed by atoms with van der Waals surface area (Å²) >= 11 is 6.04. The molecule has 13 heavy (non-hydrogen) atoms. The summed E-state index contributed by atoms with van der Waals surface area (Å²) in [5.74, 6) is 0.499. The van der Waals surface area contributed by atoms with Crippen molar-refractivity contribution >= 4 is 24.0 Å². The molecule has 3 heteroatoms. The van der Waals surface area contributed by atoms with E-state index in [1.807, 2.05) is 18.2 Å². The summed E-state index contributed by atoms with van der Waals surface area (Å²) in [6.07, 6.45) is 2.32. The maximum Gasteiger partial charge on any atom is 0.0441 e. The highest BCUT2D eigenvalue weighted by molar-refractivity contribution is 6.31. The van der Waals surface area contributed by atoms with Gasteiger partial charge in [-0.3, -0.25) is 0 Å². The fraction of sp³-hybridized carbons (Fsp3) is 0.400. The Morgan fingerprint density at radius 1 is 1.23 bits per heavy atom. The van der Waals surface area contributed by atoms with Gasteiger partial charge in [-0.1, -0.05) is 29.8 Å². The molecule has 2 unspecified atom stereocenters. The minimum Gasteiger partial charge on any atom is -0.327 e. The Morgan fingerprint density at radius 3 is 2.38 bits per heavy atom. The molecule has 1 fully saturated rings. The Morgan fingerprint density at radius 2 is 1.92 bits per heavy atom. The molecule has 1 aromatic rings. The Balaban J connectivity index is 0.000000845. The number of hydrogen-bond acceptors (Lipinski definition) is 1. The quantitative estimate of drug-likeness (QED) is 0.770. The topological polar surface area (TPSA) is 26.0 Å². The minimum atomic E-state index is 0. The lowest BCUT2D eigenvalue weighted by atomic mass is 9.76. The molecule has 0 aromatic heterocycles. The molecule has 2 N–H and O–H groups in total. The molecule has 1 aromatic carbocycles. The van der Waals surface area contributed by atoms with Gasteiger partial charge in [0, 0.05) is 17.0 Å². The third-order valence-electron chi connectivity index (χ3n) is 2.63. The number of hydrogen-bond donors (Lipinski definition) is 1. The highest BCUT2D eigenvalue weighted by Gasteiger charge is 2.29. The van der Waals surface area contributed by atoms with Crippen molar-refractivity contribution in [1.82, 2.24) is 0 Å². The molecule has 1 saturated carbocycles. The van der Waals surface area contributed by atoms with Gasteiger partial charge in [0.25, 0.3) is 0 Å². The standard InChI is InChI=1S/C10H12ClN.ClH/c11-9-4-2-1-3-7(9)8-5-6-10(8)12;/h1-4,8,10H,5-6,12H2;1H. The van der Waals surface area contributed by atoms with Crippen LogP contribution < -0.4 is 5.73 Å². The first kappa shape index (κ1) is 10.8. The van der Waals surface area contributed by atoms with Gasteiger partial charge >= 0.3 is 0 Å². The van der Waals surface area contributed by atoms with Crippen LogP contribution in [-0.2, 0) is 0 Å². The van der Waals surface area contributed by atoms with Gasteiger partial charge in [0.05, 0.1) is 0 Å². The fourth-order valence-corrected chi connectivity index (χ4v) is 1.96. The maximum absolute atomic E-state index is 6.04. The molecule has 0 radical (unpaired) electrons. The Hall–Kier alpha value is -0.240. The van der Waals surface area contributed by atoms with Crippen molar-refractivity contribution < 1.29 is 0 Å². The van der Waals surface area contributed by atoms with Crippen molar-refractivity contribution in [2.45, 2.75) is 24.8 Å². The van der Waals surface area contributed by atoms with Crippen LogP contribution in [0.15, 0.2) is 24.3 Å². The molecule has 0 heterocycles. The second-order valence-electron chi connectivity index (χ2n) is 3.37. The van der Waals surface area contributed by atoms with Crippen molar-refractivity contribution in [3.05, 3.63) is 34.9 Å². The monoisotopic (exact) mass is 217 g/mol. The van der Waals surface area contributed by atoms with Crippen LogP contribution in [0.3, 0.4) is 0 Å². The Kier molecular flexibility index (Phi) is 3.60. The number of rotatable bonds is 1. The zero-order chi connectivity index (χ0) is 8.55. The summed E-state index contributed by atoms with van der Waals surface area (Å²) in [6, 6.07) is 8.31. The Labute approximate surface area is 89.7 Å². The average molecular weight is 218 g/mol. The molecule has 0 saturated heterocycles. The van der Waals surface area contributed by atoms with Crippen LogP contribution in [0.4, 0.5) is 0 Å². The van der Waals surface area contributed by atoms with E-state index < -0.39 is 0 Å². The van der Waals surface area contributed by atoms with Gasteiger partial charge < -0.3 is 5.73 Å². The molecule has 1 aliphatic carbocycles. The first-order chi connectivity index (χ1) is 5.79. The summed E-state index contributed by atoms with van der Waals surface area (Å²) in [6.45, 7) is 0. The van der Waals surface area contributed by atoms with Crippen LogP contribution in [0.25, 0.3) is 0 Å². The summed E-state index contributed by atoms with van der Waals surface area (Å²) in [5, 5.41) is 0.859. The molecule has 2 rings (SSSR count). The summed E-state index contributed by atoms with van der Waals surface area (Å²) in [7, 11) is 0. The normalized spacial score (nSPS) is 26.0. The number of benzene rings is 1. The second-order valence-corrected chi connectivity index (χ2v) is 3.78. The predicted octanol–water partition coefficient (Wildman–Crippen LogP) is 2.97. The minimum absolute atomic E-state index is 0. The van der Waals surface area contributed by atoms with E-state index in [1.165, 1.54) is 12.0 Å². The molecule has 0 spiro atoms. The first-order valence-corrected chi connectivity index (χ1v) is 4.67. The van der Waals surface area contributed by atoms with Gasteiger partial charge in [0.2, 0.25) is 0 Å². The molecule has 1 nitrogen and oxygen atoms in total. The molecular weight excluding hydrogens is 205 g/mol. The largest absolute Gasteiger partial charge is 0.327 e. The van der Waals surface area contributed by atoms with Gasteiger partial charge in [0.1, 0.15) is 0 Å². The zero-order valence-electron chi connectivity index (χ0n) is 7.24. The smallest absolute Gasteiger partial charge is 0.0441 e. The third kappa shape index (κ3) is 1.98. The van der Waals surface area contributed by atoms with Crippen LogP contribution >= 0.6 is 24.0 Å². The average Bonchev–Trinajstić information content (AvgIpc) is 2.06. The lowest BCUT2D eigenvalue weighted by Gasteiger charge is -2.34. The van der Waals surface area contributed by atoms with Gasteiger partial charge in [-0.2, -0.15) is 0 Å². The SMILES string of the molecule is Cl.NC1CCC1c1ccccc1Cl. The van der Waals surface area contributed by atoms with Crippen LogP contribution in [0, 0.1) is 0 Å². The van der Waals surface area contributed by atoms with Gasteiger partial charge in [-0.05, 0) is 24.5 Å². The molecule has 0 aliphatic heterocycles. The zero-order valence-corrected chi connectivity index (χ0v) is 8.81. The molecule has 0 bridgehead atoms. The van der Waals surface area contributed by atoms with Gasteiger partial charge in [-0.25, -0.2) is 0 Å². The summed E-state index contributed by atoms with van der Waals surface area (Å²) < 4.78 is 0. The van der Waals surface area contributed by atoms with E-state index >= 15 is 0 Å². The second kappa shape index (κ2) is 4.32. The number of halogens is 2. The van der Waals surface area contributed by atoms with E-state index in [4.69, 9.17) is 17.3 Å². The van der Waals surface area contributed by atoms with E-state index in [-0.39, 0.29) is 12.4 Å². The predicted molar refractivity (Wildman–Crippen MR) is 58.7 cm³/mol. The molecule has 2 atom stereocenters. The van der Waals surface area contributed by atoms with Gasteiger partial charge in [-0.15, -0.1) is 12.4 Å². The van der Waals surface area contributed by atoms with E-state index in [0.717, 1.165) is 11.4 Å². The molecule has 1 aliphatic rings. The highest BCUT2D eigenvalue weighted by Crippen LogP contribution is 2.38. The highest BCUT2D eigenvalue weighted by atomic mass is 35.5. The van der Waals surface area contributed by atoms with Crippen molar-refractivity contribution in [3.8, 4) is 0 Å². The van der Waals surface area contributed by atoms with E-state index in [0.29, 0.717) is 12.0 Å². The molecular formula is C10H13Cl2N. The van der Waals surface area contributed by atoms with Crippen molar-refractivity contribution in [2.24, 2.45) is 5.73 Å². The van der Waals surface area contributed by atoms with E-state index in [2.05, 4.69) is 6.07 Å². The summed E-state index contributed by atoms with van der Waals surface area (Å²) in [4.78, 5) is 0. The molecule has 72 valence electrons. The number of nitrogens with two attached hydrogens (primary N) is 1. The van der Waals surface area contributed by atoms with Crippen molar-refractivity contribution in [2.75, 3.05) is 0 Å². The lowest BCUT2D eigenvalue weighted by Crippen LogP contribution is -2.37. The van der Waals surface area contributed by atoms with Crippen LogP contribution in [0.1, 0.15) is 24.3 Å². The fourth-order valence-electron chi connectivity index (χ4n) is 1.69. The van der Waals surface area contributed by atoms with Crippen molar-refractivity contribution in [3.63, 3.8) is 0 Å². The molecule has 0 amide bonds. The van der Waals surface area contributed by atoms with Crippen LogP contribution in [-0.4, -0.2) is 6.04 Å². The van der Waals surface area contributed by atoms with Gasteiger partial charge in [0.15, 0.2) is 0 Å². The lowest BCUT2D eigenvalue weighted by molar-refractivity contribution is 0.347. The first-order valence-electron chi connectivity index (χ1n) is 4.29. The van der Waals surface area contributed by atoms with E-state index in [1.54, 1.807) is 0 Å². The van der Waals surface area contributed by atoms with Crippen LogP contribution in [0.5, 0.6) is 0 Å². The van der Waals surface area contributed by atoms with Crippen molar-refractivity contribution in [1.29, 1.82) is 0 Å².